The Morgan fingerprint density at radius 2 is 1.76 bits per heavy atom. The van der Waals surface area contributed by atoms with Crippen molar-refractivity contribution in [2.24, 2.45) is 0 Å². The first-order chi connectivity index (χ1) is 17.5. The van der Waals surface area contributed by atoms with Gasteiger partial charge in [0.05, 0.1) is 31.4 Å². The second kappa shape index (κ2) is 14.3. The highest BCUT2D eigenvalue weighted by molar-refractivity contribution is 6.73. The molecule has 208 valence electrons. The number of nitrogens with zero attached hydrogens (tertiary/aromatic N) is 1. The van der Waals surface area contributed by atoms with E-state index in [0.29, 0.717) is 18.8 Å². The average molecular weight is 550 g/mol. The summed E-state index contributed by atoms with van der Waals surface area (Å²) in [4.78, 5) is 26.3. The molecule has 9 heteroatoms. The number of methoxy groups -OCH3 is 1. The number of rotatable bonds is 15. The summed E-state index contributed by atoms with van der Waals surface area (Å²) in [6.45, 7) is 16.0. The maximum absolute atomic E-state index is 12.6. The lowest BCUT2D eigenvalue weighted by molar-refractivity contribution is 0.0600. The minimum Gasteiger partial charge on any atom is -0.465 e. The van der Waals surface area contributed by atoms with E-state index in [0.717, 1.165) is 48.2 Å². The molecule has 1 aromatic rings. The Labute approximate surface area is 225 Å². The number of unbranched alkanes of at least 4 members (excludes halogenated alkanes) is 1. The summed E-state index contributed by atoms with van der Waals surface area (Å²) in [5.74, 6) is -0.375. The van der Waals surface area contributed by atoms with Crippen molar-refractivity contribution in [3.63, 3.8) is 0 Å². The van der Waals surface area contributed by atoms with Gasteiger partial charge in [-0.05, 0) is 61.9 Å². The lowest BCUT2D eigenvalue weighted by Crippen LogP contribution is -2.39. The van der Waals surface area contributed by atoms with E-state index in [1.807, 2.05) is 25.3 Å². The summed E-state index contributed by atoms with van der Waals surface area (Å²) in [5, 5.41) is 0. The Kier molecular flexibility index (Phi) is 12.1. The van der Waals surface area contributed by atoms with Crippen molar-refractivity contribution in [2.75, 3.05) is 20.3 Å². The molecule has 0 saturated carbocycles. The van der Waals surface area contributed by atoms with Gasteiger partial charge in [0.1, 0.15) is 6.61 Å². The van der Waals surface area contributed by atoms with E-state index in [2.05, 4.69) is 40.8 Å². The Hall–Kier alpha value is -1.95. The minimum atomic E-state index is -2.07. The van der Waals surface area contributed by atoms with Crippen LogP contribution in [-0.2, 0) is 18.3 Å². The SMILES string of the molecule is CCCC[Si](C)(C)OC/C(=C\N1C(=O)OC[C@@H]1C)[C@@H](O[Si](CC)(CC)CC)c1ccc(C(=O)OC)cc1. The van der Waals surface area contributed by atoms with Crippen LogP contribution in [0.1, 0.15) is 69.5 Å². The zero-order valence-corrected chi connectivity index (χ0v) is 26.1. The summed E-state index contributed by atoms with van der Waals surface area (Å²) >= 11 is 0. The molecule has 1 amide bonds. The molecule has 1 aliphatic heterocycles. The summed E-state index contributed by atoms with van der Waals surface area (Å²) in [5.41, 5.74) is 2.32. The van der Waals surface area contributed by atoms with Gasteiger partial charge in [-0.25, -0.2) is 9.59 Å². The number of esters is 1. The quantitative estimate of drug-likeness (QED) is 0.169. The van der Waals surface area contributed by atoms with Crippen molar-refractivity contribution >= 4 is 28.7 Å². The van der Waals surface area contributed by atoms with Gasteiger partial charge in [-0.2, -0.15) is 0 Å². The molecule has 2 atom stereocenters. The fourth-order valence-corrected chi connectivity index (χ4v) is 9.23. The van der Waals surface area contributed by atoms with Gasteiger partial charge < -0.3 is 18.3 Å². The number of hydrogen-bond donors (Lipinski definition) is 0. The highest BCUT2D eigenvalue weighted by Crippen LogP contribution is 2.36. The summed E-state index contributed by atoms with van der Waals surface area (Å²) in [6, 6.07) is 11.4. The molecule has 0 unspecified atom stereocenters. The number of benzene rings is 1. The summed E-state index contributed by atoms with van der Waals surface area (Å²) in [7, 11) is -2.60. The molecule has 1 aromatic carbocycles. The lowest BCUT2D eigenvalue weighted by atomic mass is 10.0. The van der Waals surface area contributed by atoms with Crippen molar-refractivity contribution in [3.05, 3.63) is 47.2 Å². The van der Waals surface area contributed by atoms with Crippen molar-refractivity contribution in [1.29, 1.82) is 0 Å². The van der Waals surface area contributed by atoms with Gasteiger partial charge in [-0.1, -0.05) is 52.7 Å². The third-order valence-corrected chi connectivity index (χ3v) is 14.6. The Morgan fingerprint density at radius 3 is 2.24 bits per heavy atom. The molecule has 0 spiro atoms. The highest BCUT2D eigenvalue weighted by Gasteiger charge is 2.36. The van der Waals surface area contributed by atoms with Gasteiger partial charge in [-0.3, -0.25) is 4.90 Å². The average Bonchev–Trinajstić information content (AvgIpc) is 3.23. The van der Waals surface area contributed by atoms with Crippen LogP contribution >= 0.6 is 0 Å². The third kappa shape index (κ3) is 8.53. The van der Waals surface area contributed by atoms with E-state index in [1.54, 1.807) is 17.0 Å². The van der Waals surface area contributed by atoms with Crippen LogP contribution < -0.4 is 0 Å². The van der Waals surface area contributed by atoms with Crippen molar-refractivity contribution < 1.29 is 27.9 Å². The molecule has 1 aliphatic rings. The third-order valence-electron chi connectivity index (χ3n) is 7.47. The summed E-state index contributed by atoms with van der Waals surface area (Å²) < 4.78 is 23.9. The van der Waals surface area contributed by atoms with Crippen molar-refractivity contribution in [2.45, 2.75) is 96.9 Å². The molecular formula is C28H47NO6Si2. The van der Waals surface area contributed by atoms with Crippen LogP contribution in [0.25, 0.3) is 0 Å². The van der Waals surface area contributed by atoms with Gasteiger partial charge >= 0.3 is 12.1 Å². The van der Waals surface area contributed by atoms with Crippen LogP contribution in [0.4, 0.5) is 4.79 Å². The number of hydrogen-bond acceptors (Lipinski definition) is 6. The second-order valence-corrected chi connectivity index (χ2v) is 19.6. The highest BCUT2D eigenvalue weighted by atomic mass is 28.4. The van der Waals surface area contributed by atoms with Gasteiger partial charge in [0.25, 0.3) is 0 Å². The normalized spacial score (nSPS) is 17.6. The number of carbonyl (C=O) groups excluding carboxylic acids is 2. The lowest BCUT2D eigenvalue weighted by Gasteiger charge is -2.36. The number of carbonyl (C=O) groups is 2. The second-order valence-electron chi connectivity index (χ2n) is 10.5. The van der Waals surface area contributed by atoms with Gasteiger partial charge in [0.2, 0.25) is 0 Å². The maximum atomic E-state index is 12.6. The standard InChI is InChI=1S/C28H47NO6Si2/c1-9-13-18-36(7,8)34-21-25(19-29-22(5)20-33-28(29)31)26(35-37(10-2,11-3)12-4)23-14-16-24(17-15-23)27(30)32-6/h14-17,19,22,26H,9-13,18,20-21H2,1-8H3/b25-19+/t22-,26-/m0/s1. The predicted molar refractivity (Wildman–Crippen MR) is 153 cm³/mol. The summed E-state index contributed by atoms with van der Waals surface area (Å²) in [6.07, 6.45) is 3.42. The fourth-order valence-electron chi connectivity index (χ4n) is 4.54. The first kappa shape index (κ1) is 31.3. The van der Waals surface area contributed by atoms with E-state index in [1.165, 1.54) is 7.11 Å². The predicted octanol–water partition coefficient (Wildman–Crippen LogP) is 7.28. The number of ether oxygens (including phenoxy) is 2. The van der Waals surface area contributed by atoms with Crippen LogP contribution in [0.3, 0.4) is 0 Å². The molecule has 2 rings (SSSR count). The van der Waals surface area contributed by atoms with Crippen LogP contribution in [0.15, 0.2) is 36.0 Å². The molecule has 0 N–H and O–H groups in total. The first-order valence-corrected chi connectivity index (χ1v) is 19.4. The molecule has 0 aliphatic carbocycles. The largest absolute Gasteiger partial charge is 0.465 e. The minimum absolute atomic E-state index is 0.0688. The molecule has 1 heterocycles. The Bertz CT molecular complexity index is 905. The molecular weight excluding hydrogens is 502 g/mol. The van der Waals surface area contributed by atoms with Crippen LogP contribution in [0.5, 0.6) is 0 Å². The van der Waals surface area contributed by atoms with E-state index in [-0.39, 0.29) is 18.1 Å². The van der Waals surface area contributed by atoms with Gasteiger partial charge in [-0.15, -0.1) is 0 Å². The first-order valence-electron chi connectivity index (χ1n) is 13.7. The Balaban J connectivity index is 2.57. The molecule has 0 aromatic heterocycles. The van der Waals surface area contributed by atoms with Crippen molar-refractivity contribution in [3.8, 4) is 0 Å². The molecule has 7 nitrogen and oxygen atoms in total. The van der Waals surface area contributed by atoms with E-state index >= 15 is 0 Å². The number of cyclic esters (lactones) is 1. The van der Waals surface area contributed by atoms with Gasteiger partial charge in [0.15, 0.2) is 16.6 Å². The molecule has 37 heavy (non-hydrogen) atoms. The maximum Gasteiger partial charge on any atom is 0.414 e. The van der Waals surface area contributed by atoms with E-state index in [9.17, 15) is 9.59 Å². The van der Waals surface area contributed by atoms with Crippen LogP contribution in [0, 0.1) is 0 Å². The number of amides is 1. The van der Waals surface area contributed by atoms with E-state index < -0.39 is 22.7 Å². The zero-order valence-electron chi connectivity index (χ0n) is 24.1. The molecule has 1 saturated heterocycles. The van der Waals surface area contributed by atoms with Crippen LogP contribution in [0.2, 0.25) is 37.3 Å². The topological polar surface area (TPSA) is 74.3 Å². The molecule has 0 radical (unpaired) electrons. The smallest absolute Gasteiger partial charge is 0.414 e. The van der Waals surface area contributed by atoms with Gasteiger partial charge in [0, 0.05) is 11.8 Å². The molecule has 0 bridgehead atoms. The molecule has 1 fully saturated rings. The Morgan fingerprint density at radius 1 is 1.14 bits per heavy atom. The van der Waals surface area contributed by atoms with Crippen molar-refractivity contribution in [1.82, 2.24) is 4.90 Å². The zero-order chi connectivity index (χ0) is 27.6. The van der Waals surface area contributed by atoms with Crippen LogP contribution in [-0.4, -0.2) is 60.0 Å². The monoisotopic (exact) mass is 549 g/mol. The fraction of sp³-hybridized carbons (Fsp3) is 0.643. The van der Waals surface area contributed by atoms with E-state index in [4.69, 9.17) is 18.3 Å².